The van der Waals surface area contributed by atoms with Crippen molar-refractivity contribution in [2.24, 2.45) is 0 Å². The highest BCUT2D eigenvalue weighted by Crippen LogP contribution is 2.26. The summed E-state index contributed by atoms with van der Waals surface area (Å²) in [5, 5.41) is 14.3. The molecule has 1 amide bonds. The van der Waals surface area contributed by atoms with Crippen LogP contribution in [-0.4, -0.2) is 55.5 Å². The molecule has 1 fully saturated rings. The maximum atomic E-state index is 12.3. The number of rotatable bonds is 5. The third-order valence-electron chi connectivity index (χ3n) is 3.84. The Morgan fingerprint density at radius 3 is 2.76 bits per heavy atom. The molecule has 1 aromatic rings. The average molecular weight is 292 g/mol. The lowest BCUT2D eigenvalue weighted by molar-refractivity contribution is -0.384. The summed E-state index contributed by atoms with van der Waals surface area (Å²) in [5.41, 5.74) is 0.465. The summed E-state index contributed by atoms with van der Waals surface area (Å²) in [6.45, 7) is 1.84. The van der Waals surface area contributed by atoms with Crippen LogP contribution < -0.4 is 10.2 Å². The normalized spacial score (nSPS) is 17.5. The highest BCUT2D eigenvalue weighted by molar-refractivity contribution is 5.82. The van der Waals surface area contributed by atoms with Gasteiger partial charge in [0, 0.05) is 32.7 Å². The molecule has 1 N–H and O–H groups in total. The molecule has 1 aliphatic rings. The molecule has 2 rings (SSSR count). The Hall–Kier alpha value is -2.15. The van der Waals surface area contributed by atoms with E-state index in [0.29, 0.717) is 5.69 Å². The summed E-state index contributed by atoms with van der Waals surface area (Å²) in [6, 6.07) is 6.65. The maximum Gasteiger partial charge on any atom is 0.292 e. The largest absolute Gasteiger partial charge is 0.360 e. The SMILES string of the molecule is CN(CC(=O)N(C)C1CCNC1)c1ccccc1[N+](=O)[O-]. The zero-order valence-electron chi connectivity index (χ0n) is 12.3. The van der Waals surface area contributed by atoms with Gasteiger partial charge >= 0.3 is 0 Å². The smallest absolute Gasteiger partial charge is 0.292 e. The maximum absolute atomic E-state index is 12.3. The van der Waals surface area contributed by atoms with Crippen molar-refractivity contribution >= 4 is 17.3 Å². The Bertz CT molecular complexity index is 529. The van der Waals surface area contributed by atoms with Crippen LogP contribution in [0.5, 0.6) is 0 Å². The highest BCUT2D eigenvalue weighted by atomic mass is 16.6. The molecule has 1 aromatic carbocycles. The van der Waals surface area contributed by atoms with E-state index >= 15 is 0 Å². The number of amides is 1. The van der Waals surface area contributed by atoms with Crippen molar-refractivity contribution < 1.29 is 9.72 Å². The van der Waals surface area contributed by atoms with Gasteiger partial charge < -0.3 is 15.1 Å². The van der Waals surface area contributed by atoms with Crippen molar-refractivity contribution in [3.05, 3.63) is 34.4 Å². The molecule has 7 heteroatoms. The van der Waals surface area contributed by atoms with E-state index in [2.05, 4.69) is 5.32 Å². The van der Waals surface area contributed by atoms with E-state index in [-0.39, 0.29) is 24.2 Å². The summed E-state index contributed by atoms with van der Waals surface area (Å²) in [6.07, 6.45) is 0.942. The molecule has 1 unspecified atom stereocenters. The Kier molecular flexibility index (Phi) is 4.74. The molecule has 1 aliphatic heterocycles. The number of nitro groups is 1. The predicted octanol–water partition coefficient (Wildman–Crippen LogP) is 0.851. The van der Waals surface area contributed by atoms with Gasteiger partial charge in [-0.25, -0.2) is 0 Å². The van der Waals surface area contributed by atoms with Crippen LogP contribution >= 0.6 is 0 Å². The lowest BCUT2D eigenvalue weighted by Gasteiger charge is -2.27. The van der Waals surface area contributed by atoms with E-state index in [1.807, 2.05) is 0 Å². The molecule has 21 heavy (non-hydrogen) atoms. The predicted molar refractivity (Wildman–Crippen MR) is 80.4 cm³/mol. The van der Waals surface area contributed by atoms with Crippen LogP contribution in [-0.2, 0) is 4.79 Å². The minimum absolute atomic E-state index is 0.0120. The van der Waals surface area contributed by atoms with E-state index < -0.39 is 4.92 Å². The van der Waals surface area contributed by atoms with Gasteiger partial charge in [0.15, 0.2) is 0 Å². The van der Waals surface area contributed by atoms with E-state index in [4.69, 9.17) is 0 Å². The molecule has 1 saturated heterocycles. The van der Waals surface area contributed by atoms with Gasteiger partial charge in [0.05, 0.1) is 11.5 Å². The Labute approximate surface area is 123 Å². The Morgan fingerprint density at radius 1 is 1.43 bits per heavy atom. The number of nitro benzene ring substituents is 1. The molecule has 1 atom stereocenters. The number of hydrogen-bond donors (Lipinski definition) is 1. The van der Waals surface area contributed by atoms with Crippen LogP contribution in [0, 0.1) is 10.1 Å². The van der Waals surface area contributed by atoms with Crippen molar-refractivity contribution in [1.82, 2.24) is 10.2 Å². The fraction of sp³-hybridized carbons (Fsp3) is 0.500. The standard InChI is InChI=1S/C14H20N4O3/c1-16(12-5-3-4-6-13(12)18(20)21)10-14(19)17(2)11-7-8-15-9-11/h3-6,11,15H,7-10H2,1-2H3. The van der Waals surface area contributed by atoms with Gasteiger partial charge in [-0.1, -0.05) is 12.1 Å². The number of hydrogen-bond acceptors (Lipinski definition) is 5. The fourth-order valence-electron chi connectivity index (χ4n) is 2.51. The molecule has 1 heterocycles. The summed E-state index contributed by atoms with van der Waals surface area (Å²) in [5.74, 6) is -0.0376. The van der Waals surface area contributed by atoms with E-state index in [1.165, 1.54) is 6.07 Å². The number of carbonyl (C=O) groups is 1. The Balaban J connectivity index is 2.05. The first-order chi connectivity index (χ1) is 10.0. The van der Waals surface area contributed by atoms with Crippen molar-refractivity contribution in [2.75, 3.05) is 38.6 Å². The lowest BCUT2D eigenvalue weighted by atomic mass is 10.2. The molecule has 7 nitrogen and oxygen atoms in total. The zero-order chi connectivity index (χ0) is 15.4. The van der Waals surface area contributed by atoms with Crippen molar-refractivity contribution in [1.29, 1.82) is 0 Å². The molecule has 0 aliphatic carbocycles. The Morgan fingerprint density at radius 2 is 2.14 bits per heavy atom. The molecule has 0 saturated carbocycles. The fourth-order valence-corrected chi connectivity index (χ4v) is 2.51. The number of benzene rings is 1. The minimum atomic E-state index is -0.430. The first-order valence-corrected chi connectivity index (χ1v) is 6.91. The summed E-state index contributed by atoms with van der Waals surface area (Å²) >= 11 is 0. The summed E-state index contributed by atoms with van der Waals surface area (Å²) < 4.78 is 0. The third-order valence-corrected chi connectivity index (χ3v) is 3.84. The van der Waals surface area contributed by atoms with Gasteiger partial charge in [-0.05, 0) is 19.0 Å². The van der Waals surface area contributed by atoms with Crippen LogP contribution in [0.15, 0.2) is 24.3 Å². The second-order valence-electron chi connectivity index (χ2n) is 5.25. The van der Waals surface area contributed by atoms with Gasteiger partial charge in [0.1, 0.15) is 5.69 Å². The minimum Gasteiger partial charge on any atom is -0.360 e. The van der Waals surface area contributed by atoms with Crippen LogP contribution in [0.3, 0.4) is 0 Å². The van der Waals surface area contributed by atoms with Gasteiger partial charge in [0.25, 0.3) is 5.69 Å². The molecule has 0 bridgehead atoms. The first-order valence-electron chi connectivity index (χ1n) is 6.91. The third kappa shape index (κ3) is 3.49. The molecular formula is C14H20N4O3. The summed E-state index contributed by atoms with van der Waals surface area (Å²) in [7, 11) is 3.48. The van der Waals surface area contributed by atoms with Gasteiger partial charge in [-0.2, -0.15) is 0 Å². The molecular weight excluding hydrogens is 272 g/mol. The quantitative estimate of drug-likeness (QED) is 0.643. The van der Waals surface area contributed by atoms with Crippen LogP contribution in [0.1, 0.15) is 6.42 Å². The lowest BCUT2D eigenvalue weighted by Crippen LogP contribution is -2.43. The summed E-state index contributed by atoms with van der Waals surface area (Å²) in [4.78, 5) is 26.2. The number of para-hydroxylation sites is 2. The van der Waals surface area contributed by atoms with Crippen LogP contribution in [0.2, 0.25) is 0 Å². The number of nitrogens with one attached hydrogen (secondary N) is 1. The second kappa shape index (κ2) is 6.53. The highest BCUT2D eigenvalue weighted by Gasteiger charge is 2.25. The number of anilines is 1. The van der Waals surface area contributed by atoms with Gasteiger partial charge in [-0.3, -0.25) is 14.9 Å². The first kappa shape index (κ1) is 15.2. The van der Waals surface area contributed by atoms with Gasteiger partial charge in [0.2, 0.25) is 5.91 Å². The number of nitrogens with zero attached hydrogens (tertiary/aromatic N) is 3. The van der Waals surface area contributed by atoms with Gasteiger partial charge in [-0.15, -0.1) is 0 Å². The van der Waals surface area contributed by atoms with Crippen molar-refractivity contribution in [2.45, 2.75) is 12.5 Å². The molecule has 114 valence electrons. The van der Waals surface area contributed by atoms with Crippen LogP contribution in [0.25, 0.3) is 0 Å². The van der Waals surface area contributed by atoms with E-state index in [1.54, 1.807) is 42.1 Å². The monoisotopic (exact) mass is 292 g/mol. The van der Waals surface area contributed by atoms with Crippen molar-refractivity contribution in [3.63, 3.8) is 0 Å². The molecule has 0 spiro atoms. The number of carbonyl (C=O) groups excluding carboxylic acids is 1. The van der Waals surface area contributed by atoms with Crippen LogP contribution in [0.4, 0.5) is 11.4 Å². The average Bonchev–Trinajstić information content (AvgIpc) is 3.00. The second-order valence-corrected chi connectivity index (χ2v) is 5.25. The van der Waals surface area contributed by atoms with E-state index in [9.17, 15) is 14.9 Å². The zero-order valence-corrected chi connectivity index (χ0v) is 12.3. The molecule has 0 radical (unpaired) electrons. The topological polar surface area (TPSA) is 78.7 Å². The molecule has 0 aromatic heterocycles. The van der Waals surface area contributed by atoms with Crippen molar-refractivity contribution in [3.8, 4) is 0 Å². The van der Waals surface area contributed by atoms with E-state index in [0.717, 1.165) is 19.5 Å². The number of likely N-dealkylation sites (N-methyl/N-ethyl adjacent to an activating group) is 2.